The van der Waals surface area contributed by atoms with Crippen LogP contribution >= 0.6 is 0 Å². The van der Waals surface area contributed by atoms with E-state index in [0.29, 0.717) is 11.6 Å². The van der Waals surface area contributed by atoms with Crippen molar-refractivity contribution in [3.05, 3.63) is 36.0 Å². The van der Waals surface area contributed by atoms with Crippen LogP contribution in [0.25, 0.3) is 0 Å². The fourth-order valence-electron chi connectivity index (χ4n) is 2.71. The lowest BCUT2D eigenvalue weighted by molar-refractivity contribution is -0.114. The molecule has 27 heavy (non-hydrogen) atoms. The van der Waals surface area contributed by atoms with Crippen LogP contribution in [0.15, 0.2) is 33.6 Å². The highest BCUT2D eigenvalue weighted by Gasteiger charge is 2.31. The molecule has 3 rings (SSSR count). The van der Waals surface area contributed by atoms with Crippen molar-refractivity contribution in [3.63, 3.8) is 0 Å². The minimum Gasteiger partial charge on any atom is -0.417 e. The van der Waals surface area contributed by atoms with Gasteiger partial charge in [0.05, 0.1) is 4.90 Å². The van der Waals surface area contributed by atoms with Gasteiger partial charge in [-0.1, -0.05) is 0 Å². The summed E-state index contributed by atoms with van der Waals surface area (Å²) in [6, 6.07) is 5.95. The number of amides is 2. The molecule has 0 radical (unpaired) electrons. The maximum absolute atomic E-state index is 12.8. The van der Waals surface area contributed by atoms with E-state index in [-0.39, 0.29) is 42.9 Å². The molecule has 11 heteroatoms. The van der Waals surface area contributed by atoms with Gasteiger partial charge in [0.25, 0.3) is 0 Å². The molecule has 1 aromatic heterocycles. The molecule has 144 valence electrons. The number of sulfonamides is 1. The number of nitrogens with zero attached hydrogens (tertiary/aromatic N) is 4. The van der Waals surface area contributed by atoms with E-state index in [9.17, 15) is 18.0 Å². The standard InChI is InChI=1S/C16H19N5O5S/c1-11(22)17-13-3-5-14(6-4-13)27(24,25)21-9-7-20(8-10-21)16(23)15-19-18-12(2)26-15/h3-6H,7-10H2,1-2H3,(H,17,22). The molecule has 1 aliphatic heterocycles. The molecule has 2 aromatic rings. The third-order valence-electron chi connectivity index (χ3n) is 4.05. The van der Waals surface area contributed by atoms with Crippen LogP contribution in [0.2, 0.25) is 0 Å². The second kappa shape index (κ2) is 7.45. The number of hydrogen-bond donors (Lipinski definition) is 1. The van der Waals surface area contributed by atoms with Crippen LogP contribution < -0.4 is 5.32 Å². The first-order valence-electron chi connectivity index (χ1n) is 8.24. The van der Waals surface area contributed by atoms with Crippen molar-refractivity contribution in [2.75, 3.05) is 31.5 Å². The molecular formula is C16H19N5O5S. The predicted molar refractivity (Wildman–Crippen MR) is 94.4 cm³/mol. The number of benzene rings is 1. The Morgan fingerprint density at radius 2 is 1.70 bits per heavy atom. The number of hydrogen-bond acceptors (Lipinski definition) is 7. The van der Waals surface area contributed by atoms with Gasteiger partial charge in [0, 0.05) is 45.7 Å². The number of anilines is 1. The van der Waals surface area contributed by atoms with Crippen LogP contribution in [-0.2, 0) is 14.8 Å². The summed E-state index contributed by atoms with van der Waals surface area (Å²) >= 11 is 0. The first-order chi connectivity index (χ1) is 12.8. The van der Waals surface area contributed by atoms with Crippen LogP contribution in [0.1, 0.15) is 23.5 Å². The fourth-order valence-corrected chi connectivity index (χ4v) is 4.13. The van der Waals surface area contributed by atoms with E-state index in [1.807, 2.05) is 0 Å². The molecule has 0 aliphatic carbocycles. The van der Waals surface area contributed by atoms with Crippen LogP contribution in [0, 0.1) is 6.92 Å². The fraction of sp³-hybridized carbons (Fsp3) is 0.375. The Kier molecular flexibility index (Phi) is 5.24. The van der Waals surface area contributed by atoms with Crippen molar-refractivity contribution >= 4 is 27.5 Å². The summed E-state index contributed by atoms with van der Waals surface area (Å²) < 4.78 is 32.0. The molecule has 2 heterocycles. The van der Waals surface area contributed by atoms with Gasteiger partial charge in [-0.3, -0.25) is 9.59 Å². The molecular weight excluding hydrogens is 374 g/mol. The molecule has 1 saturated heterocycles. The molecule has 1 fully saturated rings. The predicted octanol–water partition coefficient (Wildman–Crippen LogP) is 0.483. The Morgan fingerprint density at radius 3 is 2.22 bits per heavy atom. The number of aryl methyl sites for hydroxylation is 1. The van der Waals surface area contributed by atoms with Crippen molar-refractivity contribution in [1.82, 2.24) is 19.4 Å². The normalized spacial score (nSPS) is 15.6. The average Bonchev–Trinajstić information content (AvgIpc) is 3.07. The van der Waals surface area contributed by atoms with E-state index in [2.05, 4.69) is 15.5 Å². The Hall–Kier alpha value is -2.79. The van der Waals surface area contributed by atoms with Gasteiger partial charge in [0.1, 0.15) is 0 Å². The SMILES string of the molecule is CC(=O)Nc1ccc(S(=O)(=O)N2CCN(C(=O)c3nnc(C)o3)CC2)cc1. The van der Waals surface area contributed by atoms with E-state index in [0.717, 1.165) is 0 Å². The molecule has 0 bridgehead atoms. The van der Waals surface area contributed by atoms with Crippen LogP contribution in [0.5, 0.6) is 0 Å². The van der Waals surface area contributed by atoms with Crippen LogP contribution in [-0.4, -0.2) is 65.8 Å². The van der Waals surface area contributed by atoms with E-state index in [1.54, 1.807) is 6.92 Å². The quantitative estimate of drug-likeness (QED) is 0.801. The molecule has 1 N–H and O–H groups in total. The van der Waals surface area contributed by atoms with Crippen molar-refractivity contribution in [1.29, 1.82) is 0 Å². The lowest BCUT2D eigenvalue weighted by Gasteiger charge is -2.33. The first kappa shape index (κ1) is 19.0. The first-order valence-corrected chi connectivity index (χ1v) is 9.68. The smallest absolute Gasteiger partial charge is 0.311 e. The molecule has 10 nitrogen and oxygen atoms in total. The summed E-state index contributed by atoms with van der Waals surface area (Å²) in [5.41, 5.74) is 0.520. The van der Waals surface area contributed by atoms with Crippen molar-refractivity contribution < 1.29 is 22.4 Å². The highest BCUT2D eigenvalue weighted by molar-refractivity contribution is 7.89. The molecule has 1 aliphatic rings. The van der Waals surface area contributed by atoms with Crippen LogP contribution in [0.4, 0.5) is 5.69 Å². The number of carbonyl (C=O) groups is 2. The Balaban J connectivity index is 1.65. The lowest BCUT2D eigenvalue weighted by atomic mass is 10.3. The van der Waals surface area contributed by atoms with Gasteiger partial charge in [-0.2, -0.15) is 4.31 Å². The minimum atomic E-state index is -3.69. The third kappa shape index (κ3) is 4.14. The topological polar surface area (TPSA) is 126 Å². The van der Waals surface area contributed by atoms with Crippen molar-refractivity contribution in [2.45, 2.75) is 18.7 Å². The lowest BCUT2D eigenvalue weighted by Crippen LogP contribution is -2.50. The summed E-state index contributed by atoms with van der Waals surface area (Å²) in [5, 5.41) is 9.91. The zero-order valence-corrected chi connectivity index (χ0v) is 15.7. The molecule has 2 amide bonds. The number of aromatic nitrogens is 2. The van der Waals surface area contributed by atoms with E-state index < -0.39 is 15.9 Å². The van der Waals surface area contributed by atoms with Gasteiger partial charge in [-0.25, -0.2) is 8.42 Å². The number of piperazine rings is 1. The minimum absolute atomic E-state index is 0.0997. The Bertz CT molecular complexity index is 946. The number of rotatable bonds is 4. The third-order valence-corrected chi connectivity index (χ3v) is 5.96. The van der Waals surface area contributed by atoms with E-state index in [1.165, 1.54) is 40.4 Å². The maximum atomic E-state index is 12.8. The molecule has 0 atom stereocenters. The van der Waals surface area contributed by atoms with Gasteiger partial charge in [-0.05, 0) is 24.3 Å². The molecule has 0 unspecified atom stereocenters. The highest BCUT2D eigenvalue weighted by Crippen LogP contribution is 2.20. The summed E-state index contributed by atoms with van der Waals surface area (Å²) in [5.74, 6) is -0.449. The zero-order chi connectivity index (χ0) is 19.6. The second-order valence-corrected chi connectivity index (χ2v) is 7.97. The van der Waals surface area contributed by atoms with Gasteiger partial charge in [0.15, 0.2) is 0 Å². The maximum Gasteiger partial charge on any atom is 0.311 e. The molecule has 0 saturated carbocycles. The summed E-state index contributed by atoms with van der Waals surface area (Å²) in [6.07, 6.45) is 0. The molecule has 0 spiro atoms. The average molecular weight is 393 g/mol. The van der Waals surface area contributed by atoms with E-state index in [4.69, 9.17) is 4.42 Å². The number of nitrogens with one attached hydrogen (secondary N) is 1. The van der Waals surface area contributed by atoms with Gasteiger partial charge in [-0.15, -0.1) is 10.2 Å². The Labute approximate surface area is 156 Å². The van der Waals surface area contributed by atoms with E-state index >= 15 is 0 Å². The molecule has 1 aromatic carbocycles. The second-order valence-electron chi connectivity index (χ2n) is 6.03. The number of carbonyl (C=O) groups excluding carboxylic acids is 2. The highest BCUT2D eigenvalue weighted by atomic mass is 32.2. The van der Waals surface area contributed by atoms with Crippen LogP contribution in [0.3, 0.4) is 0 Å². The van der Waals surface area contributed by atoms with Gasteiger partial charge < -0.3 is 14.6 Å². The Morgan fingerprint density at radius 1 is 1.07 bits per heavy atom. The zero-order valence-electron chi connectivity index (χ0n) is 14.9. The van der Waals surface area contributed by atoms with Gasteiger partial charge in [0.2, 0.25) is 21.8 Å². The largest absolute Gasteiger partial charge is 0.417 e. The summed E-state index contributed by atoms with van der Waals surface area (Å²) in [6.45, 7) is 3.74. The summed E-state index contributed by atoms with van der Waals surface area (Å²) in [4.78, 5) is 25.0. The van der Waals surface area contributed by atoms with Crippen molar-refractivity contribution in [2.24, 2.45) is 0 Å². The monoisotopic (exact) mass is 393 g/mol. The van der Waals surface area contributed by atoms with Gasteiger partial charge >= 0.3 is 11.8 Å². The van der Waals surface area contributed by atoms with Crippen molar-refractivity contribution in [3.8, 4) is 0 Å². The summed E-state index contributed by atoms with van der Waals surface area (Å²) in [7, 11) is -3.69.